The molecule has 0 aliphatic carbocycles. The molecule has 5 nitrogen and oxygen atoms in total. The largest absolute Gasteiger partial charge is 0.423 e. The first-order chi connectivity index (χ1) is 6.61. The topological polar surface area (TPSA) is 69.4 Å². The first-order valence-corrected chi connectivity index (χ1v) is 3.86. The maximum atomic E-state index is 10.7. The molecule has 0 aromatic heterocycles. The zero-order valence-electron chi connectivity index (χ0n) is 7.47. The standard InChI is InChI=1S/C9H8NO4/c1-9(10(12)13,14-7-11)8-5-3-2-4-6-8/h2-6H,1H3. The van der Waals surface area contributed by atoms with E-state index in [1.165, 1.54) is 19.1 Å². The highest BCUT2D eigenvalue weighted by atomic mass is 16.7. The van der Waals surface area contributed by atoms with Gasteiger partial charge in [-0.3, -0.25) is 10.1 Å². The van der Waals surface area contributed by atoms with Crippen LogP contribution in [0, 0.1) is 10.1 Å². The number of rotatable bonds is 4. The third-order valence-electron chi connectivity index (χ3n) is 1.90. The van der Waals surface area contributed by atoms with Gasteiger partial charge in [-0.05, 0) is 12.1 Å². The summed E-state index contributed by atoms with van der Waals surface area (Å²) in [5.41, 5.74) is -1.56. The maximum Gasteiger partial charge on any atom is 0.423 e. The number of ether oxygens (including phenoxy) is 1. The molecule has 1 rings (SSSR count). The summed E-state index contributed by atoms with van der Waals surface area (Å²) in [6, 6.07) is 8.01. The molecule has 0 aliphatic rings. The van der Waals surface area contributed by atoms with Gasteiger partial charge in [0.15, 0.2) is 0 Å². The molecule has 73 valence electrons. The van der Waals surface area contributed by atoms with Crippen molar-refractivity contribution in [3.8, 4) is 0 Å². The number of nitro groups is 1. The van der Waals surface area contributed by atoms with Crippen LogP contribution in [0.3, 0.4) is 0 Å². The van der Waals surface area contributed by atoms with Gasteiger partial charge in [0.2, 0.25) is 0 Å². The van der Waals surface area contributed by atoms with Crippen LogP contribution in [0.15, 0.2) is 30.3 Å². The lowest BCUT2D eigenvalue weighted by atomic mass is 10.1. The number of hydrogen-bond acceptors (Lipinski definition) is 4. The summed E-state index contributed by atoms with van der Waals surface area (Å²) in [6.07, 6.45) is 0. The molecule has 0 fully saturated rings. The minimum absolute atomic E-state index is 0.299. The molecular formula is C9H8NO4. The highest BCUT2D eigenvalue weighted by molar-refractivity contribution is 5.40. The van der Waals surface area contributed by atoms with E-state index >= 15 is 0 Å². The fraction of sp³-hybridized carbons (Fsp3) is 0.222. The fourth-order valence-corrected chi connectivity index (χ4v) is 1.03. The van der Waals surface area contributed by atoms with Gasteiger partial charge < -0.3 is 4.74 Å². The average Bonchev–Trinajstić information content (AvgIpc) is 2.19. The molecule has 1 radical (unpaired) electrons. The van der Waals surface area contributed by atoms with Crippen LogP contribution in [0.2, 0.25) is 0 Å². The molecular weight excluding hydrogens is 186 g/mol. The summed E-state index contributed by atoms with van der Waals surface area (Å²) in [7, 11) is 0. The van der Waals surface area contributed by atoms with Gasteiger partial charge in [0.25, 0.3) is 0 Å². The van der Waals surface area contributed by atoms with Gasteiger partial charge in [0, 0.05) is 0 Å². The first-order valence-electron chi connectivity index (χ1n) is 3.86. The number of carbonyl (C=O) groups excluding carboxylic acids is 1. The summed E-state index contributed by atoms with van der Waals surface area (Å²) in [5, 5.41) is 10.7. The Kier molecular flexibility index (Phi) is 2.81. The zero-order valence-corrected chi connectivity index (χ0v) is 7.47. The van der Waals surface area contributed by atoms with E-state index in [4.69, 9.17) is 0 Å². The highest BCUT2D eigenvalue weighted by Crippen LogP contribution is 2.24. The monoisotopic (exact) mass is 194 g/mol. The molecule has 0 heterocycles. The van der Waals surface area contributed by atoms with E-state index in [-0.39, 0.29) is 0 Å². The molecule has 1 aromatic carbocycles. The van der Waals surface area contributed by atoms with Gasteiger partial charge in [-0.2, -0.15) is 0 Å². The van der Waals surface area contributed by atoms with E-state index in [0.717, 1.165) is 6.47 Å². The average molecular weight is 194 g/mol. The van der Waals surface area contributed by atoms with E-state index in [9.17, 15) is 14.9 Å². The van der Waals surface area contributed by atoms with Crippen LogP contribution < -0.4 is 0 Å². The van der Waals surface area contributed by atoms with Crippen molar-refractivity contribution in [2.45, 2.75) is 12.6 Å². The van der Waals surface area contributed by atoms with E-state index in [1.807, 2.05) is 0 Å². The van der Waals surface area contributed by atoms with Crippen LogP contribution in [0.25, 0.3) is 0 Å². The minimum atomic E-state index is -1.86. The lowest BCUT2D eigenvalue weighted by Crippen LogP contribution is -2.34. The lowest BCUT2D eigenvalue weighted by Gasteiger charge is -2.17. The van der Waals surface area contributed by atoms with Crippen LogP contribution >= 0.6 is 0 Å². The SMILES string of the molecule is CC(O[C]=O)(c1ccccc1)[N+](=O)[O-]. The van der Waals surface area contributed by atoms with Crippen molar-refractivity contribution >= 4 is 6.47 Å². The Hall–Kier alpha value is -1.91. The van der Waals surface area contributed by atoms with Gasteiger partial charge in [0.1, 0.15) is 0 Å². The second-order valence-electron chi connectivity index (χ2n) is 2.79. The molecule has 5 heteroatoms. The molecule has 0 amide bonds. The molecule has 0 saturated heterocycles. The molecule has 1 atom stereocenters. The smallest absolute Gasteiger partial charge is 0.383 e. The Bertz CT molecular complexity index is 338. The fourth-order valence-electron chi connectivity index (χ4n) is 1.03. The molecule has 0 N–H and O–H groups in total. The Labute approximate surface area is 80.5 Å². The van der Waals surface area contributed by atoms with Crippen molar-refractivity contribution < 1.29 is 14.5 Å². The predicted octanol–water partition coefficient (Wildman–Crippen LogP) is 1.22. The summed E-state index contributed by atoms with van der Waals surface area (Å²) >= 11 is 0. The van der Waals surface area contributed by atoms with Gasteiger partial charge in [-0.15, -0.1) is 0 Å². The molecule has 0 bridgehead atoms. The molecule has 0 spiro atoms. The van der Waals surface area contributed by atoms with E-state index in [1.54, 1.807) is 18.2 Å². The lowest BCUT2D eigenvalue weighted by molar-refractivity contribution is -0.625. The molecule has 0 aliphatic heterocycles. The zero-order chi connectivity index (χ0) is 10.6. The minimum Gasteiger partial charge on any atom is -0.383 e. The number of benzene rings is 1. The second kappa shape index (κ2) is 3.87. The van der Waals surface area contributed by atoms with Gasteiger partial charge >= 0.3 is 12.2 Å². The van der Waals surface area contributed by atoms with Crippen molar-refractivity contribution in [2.75, 3.05) is 0 Å². The Morgan fingerprint density at radius 2 is 2.00 bits per heavy atom. The summed E-state index contributed by atoms with van der Waals surface area (Å²) in [5.74, 6) is 0. The summed E-state index contributed by atoms with van der Waals surface area (Å²) in [6.45, 7) is 2.30. The molecule has 0 saturated carbocycles. The van der Waals surface area contributed by atoms with E-state index < -0.39 is 10.6 Å². The highest BCUT2D eigenvalue weighted by Gasteiger charge is 2.41. The summed E-state index contributed by atoms with van der Waals surface area (Å²) < 4.78 is 4.37. The second-order valence-corrected chi connectivity index (χ2v) is 2.79. The van der Waals surface area contributed by atoms with Crippen LogP contribution in [0.5, 0.6) is 0 Å². The predicted molar refractivity (Wildman–Crippen MR) is 47.6 cm³/mol. The van der Waals surface area contributed by atoms with Gasteiger partial charge in [-0.25, -0.2) is 4.79 Å². The van der Waals surface area contributed by atoms with Crippen LogP contribution in [-0.4, -0.2) is 11.4 Å². The van der Waals surface area contributed by atoms with Crippen LogP contribution in [0.4, 0.5) is 0 Å². The Balaban J connectivity index is 3.12. The van der Waals surface area contributed by atoms with Crippen LogP contribution in [-0.2, 0) is 15.3 Å². The van der Waals surface area contributed by atoms with Crippen molar-refractivity contribution in [1.29, 1.82) is 0 Å². The maximum absolute atomic E-state index is 10.7. The molecule has 1 aromatic rings. The van der Waals surface area contributed by atoms with Crippen molar-refractivity contribution in [3.05, 3.63) is 46.0 Å². The Morgan fingerprint density at radius 3 is 2.43 bits per heavy atom. The third-order valence-corrected chi connectivity index (χ3v) is 1.90. The van der Waals surface area contributed by atoms with Crippen molar-refractivity contribution in [1.82, 2.24) is 0 Å². The number of nitrogens with zero attached hydrogens (tertiary/aromatic N) is 1. The normalized spacial score (nSPS) is 14.1. The number of hydrogen-bond donors (Lipinski definition) is 0. The van der Waals surface area contributed by atoms with Gasteiger partial charge in [-0.1, -0.05) is 18.2 Å². The molecule has 14 heavy (non-hydrogen) atoms. The first kappa shape index (κ1) is 10.2. The van der Waals surface area contributed by atoms with E-state index in [0.29, 0.717) is 5.56 Å². The quantitative estimate of drug-likeness (QED) is 0.410. The summed E-state index contributed by atoms with van der Waals surface area (Å²) in [4.78, 5) is 20.1. The van der Waals surface area contributed by atoms with Gasteiger partial charge in [0.05, 0.1) is 17.4 Å². The van der Waals surface area contributed by atoms with Crippen molar-refractivity contribution in [3.63, 3.8) is 0 Å². The Morgan fingerprint density at radius 1 is 1.43 bits per heavy atom. The van der Waals surface area contributed by atoms with Crippen LogP contribution in [0.1, 0.15) is 12.5 Å². The van der Waals surface area contributed by atoms with Crippen molar-refractivity contribution in [2.24, 2.45) is 0 Å². The third kappa shape index (κ3) is 1.71. The molecule has 1 unspecified atom stereocenters. The van der Waals surface area contributed by atoms with E-state index in [2.05, 4.69) is 4.74 Å².